The van der Waals surface area contributed by atoms with Gasteiger partial charge < -0.3 is 5.73 Å². The van der Waals surface area contributed by atoms with E-state index in [2.05, 4.69) is 5.10 Å². The summed E-state index contributed by atoms with van der Waals surface area (Å²) < 4.78 is 1.57. The number of benzene rings is 1. The van der Waals surface area contributed by atoms with Gasteiger partial charge in [-0.05, 0) is 19.4 Å². The smallest absolute Gasteiger partial charge is 0.269 e. The van der Waals surface area contributed by atoms with Crippen LogP contribution in [0.4, 0.5) is 11.5 Å². The van der Waals surface area contributed by atoms with Crippen LogP contribution in [0.2, 0.25) is 5.02 Å². The molecule has 0 saturated heterocycles. The molecule has 19 heavy (non-hydrogen) atoms. The number of hydrogen-bond acceptors (Lipinski definition) is 4. The molecule has 1 unspecified atom stereocenters. The first kappa shape index (κ1) is 13.4. The predicted octanol–water partition coefficient (Wildman–Crippen LogP) is 2.94. The molecule has 7 heteroatoms. The number of hydrogen-bond donors (Lipinski definition) is 1. The quantitative estimate of drug-likeness (QED) is 0.691. The van der Waals surface area contributed by atoms with Crippen LogP contribution in [0.25, 0.3) is 0 Å². The van der Waals surface area contributed by atoms with Crippen molar-refractivity contribution in [1.82, 2.24) is 9.78 Å². The summed E-state index contributed by atoms with van der Waals surface area (Å²) in [7, 11) is 0. The number of non-ortho nitro benzene ring substituents is 1. The Bertz CT molecular complexity index is 639. The Morgan fingerprint density at radius 3 is 2.74 bits per heavy atom. The van der Waals surface area contributed by atoms with Gasteiger partial charge in [0.05, 0.1) is 16.7 Å². The molecule has 1 aromatic heterocycles. The molecular weight excluding hydrogens is 268 g/mol. The molecule has 0 radical (unpaired) electrons. The van der Waals surface area contributed by atoms with Crippen LogP contribution in [-0.4, -0.2) is 14.7 Å². The van der Waals surface area contributed by atoms with Gasteiger partial charge in [0.2, 0.25) is 0 Å². The highest BCUT2D eigenvalue weighted by Crippen LogP contribution is 2.29. The number of halogens is 1. The van der Waals surface area contributed by atoms with Crippen LogP contribution in [0.5, 0.6) is 0 Å². The van der Waals surface area contributed by atoms with Crippen molar-refractivity contribution >= 4 is 23.1 Å². The van der Waals surface area contributed by atoms with Crippen LogP contribution < -0.4 is 5.73 Å². The van der Waals surface area contributed by atoms with Crippen molar-refractivity contribution in [3.05, 3.63) is 50.7 Å². The molecule has 1 heterocycles. The van der Waals surface area contributed by atoms with Gasteiger partial charge in [0, 0.05) is 12.1 Å². The second-order valence-corrected chi connectivity index (χ2v) is 4.64. The second kappa shape index (κ2) is 4.89. The van der Waals surface area contributed by atoms with Gasteiger partial charge >= 0.3 is 0 Å². The third-order valence-electron chi connectivity index (χ3n) is 2.98. The van der Waals surface area contributed by atoms with E-state index in [-0.39, 0.29) is 11.7 Å². The first-order valence-electron chi connectivity index (χ1n) is 5.66. The zero-order valence-corrected chi connectivity index (χ0v) is 11.3. The van der Waals surface area contributed by atoms with E-state index in [1.807, 2.05) is 6.92 Å². The van der Waals surface area contributed by atoms with Crippen LogP contribution in [0.3, 0.4) is 0 Å². The zero-order chi connectivity index (χ0) is 14.2. The molecule has 0 amide bonds. The van der Waals surface area contributed by atoms with Gasteiger partial charge in [0.25, 0.3) is 5.69 Å². The molecule has 0 aliphatic carbocycles. The highest BCUT2D eigenvalue weighted by molar-refractivity contribution is 6.33. The third kappa shape index (κ3) is 2.39. The molecule has 2 N–H and O–H groups in total. The molecule has 0 bridgehead atoms. The maximum atomic E-state index is 10.8. The fourth-order valence-electron chi connectivity index (χ4n) is 1.88. The van der Waals surface area contributed by atoms with Gasteiger partial charge in [-0.1, -0.05) is 23.7 Å². The maximum absolute atomic E-state index is 10.8. The lowest BCUT2D eigenvalue weighted by Gasteiger charge is -2.14. The zero-order valence-electron chi connectivity index (χ0n) is 10.5. The molecule has 6 nitrogen and oxygen atoms in total. The number of nitrogens with two attached hydrogens (primary N) is 1. The summed E-state index contributed by atoms with van der Waals surface area (Å²) in [5, 5.41) is 15.4. The van der Waals surface area contributed by atoms with Crippen molar-refractivity contribution in [3.63, 3.8) is 0 Å². The van der Waals surface area contributed by atoms with E-state index in [9.17, 15) is 10.1 Å². The van der Waals surface area contributed by atoms with Crippen LogP contribution >= 0.6 is 11.6 Å². The van der Waals surface area contributed by atoms with Crippen LogP contribution in [-0.2, 0) is 0 Å². The summed E-state index contributed by atoms with van der Waals surface area (Å²) in [6, 6.07) is 6.15. The van der Waals surface area contributed by atoms with Gasteiger partial charge in [-0.25, -0.2) is 4.68 Å². The third-order valence-corrected chi connectivity index (χ3v) is 3.44. The standard InChI is InChI=1S/C12H13ClN4O2/c1-7-11(13)12(14)16(15-7)8(2)9-4-3-5-10(6-9)17(18)19/h3-6,8H,14H2,1-2H3. The molecule has 0 fully saturated rings. The van der Waals surface area contributed by atoms with Crippen molar-refractivity contribution in [1.29, 1.82) is 0 Å². The van der Waals surface area contributed by atoms with Crippen molar-refractivity contribution in [2.75, 3.05) is 5.73 Å². The van der Waals surface area contributed by atoms with Crippen molar-refractivity contribution in [2.24, 2.45) is 0 Å². The minimum absolute atomic E-state index is 0.0397. The van der Waals surface area contributed by atoms with E-state index in [1.165, 1.54) is 12.1 Å². The lowest BCUT2D eigenvalue weighted by Crippen LogP contribution is -2.11. The predicted molar refractivity (Wildman–Crippen MR) is 73.3 cm³/mol. The molecule has 100 valence electrons. The summed E-state index contributed by atoms with van der Waals surface area (Å²) in [4.78, 5) is 10.3. The molecule has 0 aliphatic rings. The Kier molecular flexibility index (Phi) is 3.44. The van der Waals surface area contributed by atoms with E-state index in [4.69, 9.17) is 17.3 Å². The normalized spacial score (nSPS) is 12.4. The Balaban J connectivity index is 2.43. The van der Waals surface area contributed by atoms with Gasteiger partial charge in [-0.15, -0.1) is 0 Å². The van der Waals surface area contributed by atoms with E-state index in [1.54, 1.807) is 23.7 Å². The van der Waals surface area contributed by atoms with E-state index < -0.39 is 4.92 Å². The second-order valence-electron chi connectivity index (χ2n) is 4.26. The molecule has 2 aromatic rings. The van der Waals surface area contributed by atoms with E-state index >= 15 is 0 Å². The summed E-state index contributed by atoms with van der Waals surface area (Å²) >= 11 is 6.00. The Morgan fingerprint density at radius 1 is 1.53 bits per heavy atom. The Hall–Kier alpha value is -2.08. The summed E-state index contributed by atoms with van der Waals surface area (Å²) in [5.74, 6) is 0.359. The average molecular weight is 281 g/mol. The minimum atomic E-state index is -0.430. The highest BCUT2D eigenvalue weighted by Gasteiger charge is 2.18. The lowest BCUT2D eigenvalue weighted by molar-refractivity contribution is -0.384. The number of anilines is 1. The Labute approximate surface area is 114 Å². The fourth-order valence-corrected chi connectivity index (χ4v) is 2.00. The number of nitrogens with zero attached hydrogens (tertiary/aromatic N) is 3. The van der Waals surface area contributed by atoms with Crippen molar-refractivity contribution < 1.29 is 4.92 Å². The van der Waals surface area contributed by atoms with Crippen LogP contribution in [0, 0.1) is 17.0 Å². The number of nitro benzene ring substituents is 1. The molecule has 0 aliphatic heterocycles. The van der Waals surface area contributed by atoms with Gasteiger partial charge in [0.1, 0.15) is 10.8 Å². The largest absolute Gasteiger partial charge is 0.383 e. The van der Waals surface area contributed by atoms with Crippen molar-refractivity contribution in [3.8, 4) is 0 Å². The first-order chi connectivity index (χ1) is 8.91. The summed E-state index contributed by atoms with van der Waals surface area (Å²) in [5.41, 5.74) is 7.30. The number of nitrogen functional groups attached to an aromatic ring is 1. The SMILES string of the molecule is Cc1nn(C(C)c2cccc([N+](=O)[O-])c2)c(N)c1Cl. The topological polar surface area (TPSA) is 87.0 Å². The molecule has 0 spiro atoms. The number of rotatable bonds is 3. The number of aryl methyl sites for hydroxylation is 1. The van der Waals surface area contributed by atoms with Crippen molar-refractivity contribution in [2.45, 2.75) is 19.9 Å². The van der Waals surface area contributed by atoms with Gasteiger partial charge in [-0.3, -0.25) is 10.1 Å². The summed E-state index contributed by atoms with van der Waals surface area (Å²) in [6.45, 7) is 3.62. The van der Waals surface area contributed by atoms with Gasteiger partial charge in [0.15, 0.2) is 0 Å². The van der Waals surface area contributed by atoms with Gasteiger partial charge in [-0.2, -0.15) is 5.10 Å². The number of aromatic nitrogens is 2. The molecule has 1 atom stereocenters. The van der Waals surface area contributed by atoms with Crippen LogP contribution in [0.15, 0.2) is 24.3 Å². The van der Waals surface area contributed by atoms with E-state index in [0.717, 1.165) is 5.56 Å². The number of nitro groups is 1. The molecule has 1 aromatic carbocycles. The molecular formula is C12H13ClN4O2. The monoisotopic (exact) mass is 280 g/mol. The lowest BCUT2D eigenvalue weighted by atomic mass is 10.1. The first-order valence-corrected chi connectivity index (χ1v) is 6.04. The maximum Gasteiger partial charge on any atom is 0.269 e. The van der Waals surface area contributed by atoms with Crippen LogP contribution in [0.1, 0.15) is 24.2 Å². The molecule has 2 rings (SSSR count). The van der Waals surface area contributed by atoms with E-state index in [0.29, 0.717) is 16.5 Å². The summed E-state index contributed by atoms with van der Waals surface area (Å²) in [6.07, 6.45) is 0. The fraction of sp³-hybridized carbons (Fsp3) is 0.250. The highest BCUT2D eigenvalue weighted by atomic mass is 35.5. The molecule has 0 saturated carbocycles. The minimum Gasteiger partial charge on any atom is -0.383 e. The Morgan fingerprint density at radius 2 is 2.21 bits per heavy atom. The average Bonchev–Trinajstić information content (AvgIpc) is 2.66.